The third kappa shape index (κ3) is 4.42. The van der Waals surface area contributed by atoms with Gasteiger partial charge in [0.2, 0.25) is 10.0 Å². The molecule has 1 aliphatic rings. The maximum Gasteiger partial charge on any atom is 0.315 e. The average molecular weight is 395 g/mol. The molecule has 3 rings (SSSR count). The summed E-state index contributed by atoms with van der Waals surface area (Å²) in [6.07, 6.45) is 1.31. The van der Waals surface area contributed by atoms with Gasteiger partial charge in [-0.25, -0.2) is 8.42 Å². The highest BCUT2D eigenvalue weighted by molar-refractivity contribution is 7.89. The highest BCUT2D eigenvalue weighted by Gasteiger charge is 2.27. The van der Waals surface area contributed by atoms with Crippen LogP contribution in [0.25, 0.3) is 11.1 Å². The van der Waals surface area contributed by atoms with Gasteiger partial charge in [0.05, 0.1) is 24.1 Å². The van der Waals surface area contributed by atoms with Crippen molar-refractivity contribution in [3.63, 3.8) is 0 Å². The predicted octanol–water partition coefficient (Wildman–Crippen LogP) is -1.40. The van der Waals surface area contributed by atoms with Gasteiger partial charge >= 0.3 is 6.01 Å². The monoisotopic (exact) mass is 395 g/mol. The Morgan fingerprint density at radius 3 is 2.67 bits per heavy atom. The molecule has 1 aromatic heterocycles. The van der Waals surface area contributed by atoms with Crippen LogP contribution in [0.4, 0.5) is 6.01 Å². The van der Waals surface area contributed by atoms with E-state index >= 15 is 0 Å². The van der Waals surface area contributed by atoms with Crippen molar-refractivity contribution in [2.75, 3.05) is 31.7 Å². The van der Waals surface area contributed by atoms with Crippen molar-refractivity contribution >= 4 is 39.0 Å². The average Bonchev–Trinajstić information content (AvgIpc) is 3.07. The van der Waals surface area contributed by atoms with E-state index in [9.17, 15) is 23.1 Å². The molecule has 0 radical (unpaired) electrons. The number of hydrogen-bond donors (Lipinski definition) is 2. The summed E-state index contributed by atoms with van der Waals surface area (Å²) in [6.45, 7) is 1.23. The molecule has 1 amide bonds. The van der Waals surface area contributed by atoms with E-state index in [1.165, 1.54) is 22.5 Å². The third-order valence-electron chi connectivity index (χ3n) is 3.63. The Morgan fingerprint density at radius 2 is 1.96 bits per heavy atom. The number of benzene rings is 1. The zero-order chi connectivity index (χ0) is 19.4. The molecule has 0 atom stereocenters. The second-order valence-electron chi connectivity index (χ2n) is 5.43. The van der Waals surface area contributed by atoms with E-state index in [0.29, 0.717) is 24.9 Å². The molecule has 0 saturated carbocycles. The largest absolute Gasteiger partial charge is 0.545 e. The topological polar surface area (TPSA) is 154 Å². The summed E-state index contributed by atoms with van der Waals surface area (Å²) >= 11 is 0. The fourth-order valence-corrected chi connectivity index (χ4v) is 3.79. The van der Waals surface area contributed by atoms with Crippen molar-refractivity contribution in [3.8, 4) is 0 Å². The maximum atomic E-state index is 12.7. The van der Waals surface area contributed by atoms with Crippen molar-refractivity contribution in [2.24, 2.45) is 0 Å². The summed E-state index contributed by atoms with van der Waals surface area (Å²) < 4.78 is 37.2. The first-order valence-electron chi connectivity index (χ1n) is 7.80. The number of anilines is 1. The Hall–Kier alpha value is -2.96. The molecule has 1 aliphatic heterocycles. The SMILES string of the molecule is O=C([O-])/C=C/C(=O)NNc1nc2cc(S(=O)(=O)N3CCOCC3)ccc2o1. The van der Waals surface area contributed by atoms with E-state index in [2.05, 4.69) is 15.8 Å². The van der Waals surface area contributed by atoms with E-state index in [1.807, 2.05) is 0 Å². The molecule has 12 heteroatoms. The van der Waals surface area contributed by atoms with Gasteiger partial charge in [0.25, 0.3) is 5.91 Å². The van der Waals surface area contributed by atoms with Crippen LogP contribution in [-0.2, 0) is 24.3 Å². The van der Waals surface area contributed by atoms with Gasteiger partial charge in [0.15, 0.2) is 5.58 Å². The number of aliphatic carboxylic acids is 1. The molecule has 2 N–H and O–H groups in total. The fourth-order valence-electron chi connectivity index (χ4n) is 2.36. The highest BCUT2D eigenvalue weighted by atomic mass is 32.2. The van der Waals surface area contributed by atoms with E-state index in [0.717, 1.165) is 6.08 Å². The van der Waals surface area contributed by atoms with Crippen molar-refractivity contribution in [1.29, 1.82) is 0 Å². The lowest BCUT2D eigenvalue weighted by atomic mass is 10.3. The Bertz CT molecular complexity index is 993. The molecular weight excluding hydrogens is 380 g/mol. The first-order valence-corrected chi connectivity index (χ1v) is 9.24. The van der Waals surface area contributed by atoms with Crippen LogP contribution in [0.1, 0.15) is 0 Å². The molecule has 2 aromatic rings. The van der Waals surface area contributed by atoms with E-state index in [4.69, 9.17) is 9.15 Å². The van der Waals surface area contributed by atoms with Crippen LogP contribution in [0.2, 0.25) is 0 Å². The number of sulfonamides is 1. The Kier molecular flexibility index (Phi) is 5.39. The summed E-state index contributed by atoms with van der Waals surface area (Å²) in [5.41, 5.74) is 5.08. The highest BCUT2D eigenvalue weighted by Crippen LogP contribution is 2.24. The minimum Gasteiger partial charge on any atom is -0.545 e. The number of carboxylic acid groups (broad SMARTS) is 1. The molecule has 1 aromatic carbocycles. The van der Waals surface area contributed by atoms with Gasteiger partial charge in [0, 0.05) is 19.2 Å². The smallest absolute Gasteiger partial charge is 0.315 e. The number of carbonyl (C=O) groups is 2. The minimum absolute atomic E-state index is 0.0673. The number of amides is 1. The lowest BCUT2D eigenvalue weighted by Crippen LogP contribution is -2.40. The fraction of sp³-hybridized carbons (Fsp3) is 0.267. The summed E-state index contributed by atoms with van der Waals surface area (Å²) in [4.78, 5) is 25.7. The number of nitrogens with zero attached hydrogens (tertiary/aromatic N) is 2. The lowest BCUT2D eigenvalue weighted by Gasteiger charge is -2.25. The molecule has 1 saturated heterocycles. The number of nitrogens with one attached hydrogen (secondary N) is 2. The molecule has 144 valence electrons. The van der Waals surface area contributed by atoms with Crippen LogP contribution in [-0.4, -0.2) is 55.9 Å². The number of aromatic nitrogens is 1. The van der Waals surface area contributed by atoms with Crippen molar-refractivity contribution in [3.05, 3.63) is 30.4 Å². The Morgan fingerprint density at radius 1 is 1.22 bits per heavy atom. The van der Waals surface area contributed by atoms with Crippen LogP contribution in [0.5, 0.6) is 0 Å². The van der Waals surface area contributed by atoms with Crippen LogP contribution >= 0.6 is 0 Å². The number of carbonyl (C=O) groups excluding carboxylic acids is 2. The number of hydrogen-bond acceptors (Lipinski definition) is 9. The predicted molar refractivity (Wildman–Crippen MR) is 89.5 cm³/mol. The number of ether oxygens (including phenoxy) is 1. The van der Waals surface area contributed by atoms with E-state index in [1.54, 1.807) is 0 Å². The molecule has 2 heterocycles. The maximum absolute atomic E-state index is 12.7. The summed E-state index contributed by atoms with van der Waals surface area (Å²) in [7, 11) is -3.67. The zero-order valence-corrected chi connectivity index (χ0v) is 14.7. The molecule has 11 nitrogen and oxygen atoms in total. The van der Waals surface area contributed by atoms with Gasteiger partial charge in [-0.3, -0.25) is 15.6 Å². The molecule has 0 aliphatic carbocycles. The van der Waals surface area contributed by atoms with Crippen molar-refractivity contribution in [1.82, 2.24) is 14.7 Å². The van der Waals surface area contributed by atoms with Gasteiger partial charge in [0.1, 0.15) is 5.52 Å². The number of rotatable bonds is 6. The molecule has 0 bridgehead atoms. The number of fused-ring (bicyclic) bond motifs is 1. The minimum atomic E-state index is -3.67. The molecule has 1 fully saturated rings. The number of oxazole rings is 1. The molecule has 0 unspecified atom stereocenters. The standard InChI is InChI=1S/C15H16N4O7S/c20-13(3-4-14(21)22)17-18-15-16-11-9-10(1-2-12(11)26-15)27(23,24)19-5-7-25-8-6-19/h1-4,9H,5-8H2,(H,16,18)(H,17,20)(H,21,22)/p-1/b4-3+. The van der Waals surface area contributed by atoms with Gasteiger partial charge in [-0.15, -0.1) is 0 Å². The third-order valence-corrected chi connectivity index (χ3v) is 5.52. The molecule has 27 heavy (non-hydrogen) atoms. The number of carboxylic acids is 1. The number of morpholine rings is 1. The van der Waals surface area contributed by atoms with Crippen LogP contribution in [0, 0.1) is 0 Å². The Labute approximate surface area is 153 Å². The normalized spacial score (nSPS) is 15.9. The molecular formula is C15H15N4O7S-. The second-order valence-corrected chi connectivity index (χ2v) is 7.37. The lowest BCUT2D eigenvalue weighted by molar-refractivity contribution is -0.297. The van der Waals surface area contributed by atoms with Crippen molar-refractivity contribution < 1.29 is 32.3 Å². The van der Waals surface area contributed by atoms with Crippen LogP contribution in [0.15, 0.2) is 39.7 Å². The summed E-state index contributed by atoms with van der Waals surface area (Å²) in [5.74, 6) is -2.28. The van der Waals surface area contributed by atoms with Gasteiger partial charge in [-0.1, -0.05) is 0 Å². The molecule has 0 spiro atoms. The van der Waals surface area contributed by atoms with Gasteiger partial charge in [-0.2, -0.15) is 9.29 Å². The zero-order valence-electron chi connectivity index (χ0n) is 13.9. The summed E-state index contributed by atoms with van der Waals surface area (Å²) in [6, 6.07) is 4.13. The summed E-state index contributed by atoms with van der Waals surface area (Å²) in [5, 5.41) is 10.2. The van der Waals surface area contributed by atoms with Crippen LogP contribution < -0.4 is 16.0 Å². The van der Waals surface area contributed by atoms with Gasteiger partial charge in [-0.05, 0) is 24.3 Å². The second kappa shape index (κ2) is 7.73. The van der Waals surface area contributed by atoms with Crippen molar-refractivity contribution in [2.45, 2.75) is 4.90 Å². The number of hydrazine groups is 1. The first-order chi connectivity index (χ1) is 12.9. The van der Waals surface area contributed by atoms with E-state index in [-0.39, 0.29) is 29.5 Å². The van der Waals surface area contributed by atoms with E-state index < -0.39 is 21.9 Å². The Balaban J connectivity index is 1.75. The first kappa shape index (κ1) is 18.8. The quantitative estimate of drug-likeness (QED) is 0.444. The van der Waals surface area contributed by atoms with Crippen LogP contribution in [0.3, 0.4) is 0 Å². The van der Waals surface area contributed by atoms with Gasteiger partial charge < -0.3 is 19.1 Å².